The van der Waals surface area contributed by atoms with E-state index in [0.717, 1.165) is 5.69 Å². The fourth-order valence-electron chi connectivity index (χ4n) is 1.50. The van der Waals surface area contributed by atoms with E-state index in [-0.39, 0.29) is 5.75 Å². The summed E-state index contributed by atoms with van der Waals surface area (Å²) in [7, 11) is 0. The van der Waals surface area contributed by atoms with E-state index in [1.54, 1.807) is 17.5 Å². The first-order valence-electron chi connectivity index (χ1n) is 5.35. The van der Waals surface area contributed by atoms with Crippen LogP contribution < -0.4 is 4.74 Å². The maximum Gasteiger partial charge on any atom is 0.573 e. The number of benzene rings is 1. The van der Waals surface area contributed by atoms with Crippen LogP contribution in [0.15, 0.2) is 29.6 Å². The van der Waals surface area contributed by atoms with Crippen LogP contribution in [0.5, 0.6) is 5.75 Å². The molecule has 102 valence electrons. The number of hydrogen-bond donors (Lipinski definition) is 0. The summed E-state index contributed by atoms with van der Waals surface area (Å²) in [4.78, 5) is 4.25. The van der Waals surface area contributed by atoms with Gasteiger partial charge in [0.05, 0.1) is 11.3 Å². The monoisotopic (exact) mass is 307 g/mol. The number of alkyl halides is 4. The zero-order chi connectivity index (χ0) is 13.9. The van der Waals surface area contributed by atoms with Crippen LogP contribution in [0.2, 0.25) is 0 Å². The number of aromatic nitrogens is 1. The van der Waals surface area contributed by atoms with Crippen LogP contribution in [0.25, 0.3) is 10.6 Å². The van der Waals surface area contributed by atoms with Gasteiger partial charge in [0.25, 0.3) is 0 Å². The summed E-state index contributed by atoms with van der Waals surface area (Å²) < 4.78 is 40.9. The van der Waals surface area contributed by atoms with Gasteiger partial charge in [-0.25, -0.2) is 4.98 Å². The molecule has 2 rings (SSSR count). The van der Waals surface area contributed by atoms with Gasteiger partial charge >= 0.3 is 6.36 Å². The summed E-state index contributed by atoms with van der Waals surface area (Å²) in [6.45, 7) is 0. The molecule has 1 aromatic carbocycles. The molecule has 0 aliphatic rings. The minimum absolute atomic E-state index is 0.248. The second kappa shape index (κ2) is 5.79. The van der Waals surface area contributed by atoms with E-state index < -0.39 is 6.36 Å². The number of halogens is 4. The number of rotatable bonds is 4. The summed E-state index contributed by atoms with van der Waals surface area (Å²) in [5.74, 6) is 0.172. The Kier molecular flexibility index (Phi) is 4.31. The van der Waals surface area contributed by atoms with Gasteiger partial charge in [0.2, 0.25) is 0 Å². The maximum atomic E-state index is 12.3. The maximum absolute atomic E-state index is 12.3. The molecule has 1 heterocycles. The average Bonchev–Trinajstić information content (AvgIpc) is 2.76. The molecule has 1 aromatic heterocycles. The Morgan fingerprint density at radius 1 is 1.26 bits per heavy atom. The van der Waals surface area contributed by atoms with Crippen LogP contribution in [-0.4, -0.2) is 17.2 Å². The lowest BCUT2D eigenvalue weighted by Crippen LogP contribution is -2.17. The number of nitrogens with zero attached hydrogens (tertiary/aromatic N) is 1. The highest BCUT2D eigenvalue weighted by atomic mass is 35.5. The smallest absolute Gasteiger partial charge is 0.405 e. The molecule has 7 heteroatoms. The fraction of sp³-hybridized carbons (Fsp3) is 0.250. The number of aryl methyl sites for hydroxylation is 1. The van der Waals surface area contributed by atoms with Crippen molar-refractivity contribution in [2.24, 2.45) is 0 Å². The summed E-state index contributed by atoms with van der Waals surface area (Å²) in [6.07, 6.45) is -4.13. The van der Waals surface area contributed by atoms with E-state index in [1.165, 1.54) is 23.5 Å². The Hall–Kier alpha value is -1.27. The first kappa shape index (κ1) is 14.1. The number of thiazole rings is 1. The number of ether oxygens (including phenoxy) is 1. The zero-order valence-corrected chi connectivity index (χ0v) is 11.1. The molecular formula is C12H9ClF3NOS. The molecule has 0 atom stereocenters. The SMILES string of the molecule is FC(F)(F)Oc1ccccc1-c1nc(CCCl)cs1. The molecule has 19 heavy (non-hydrogen) atoms. The molecule has 0 spiro atoms. The third-order valence-electron chi connectivity index (χ3n) is 2.25. The van der Waals surface area contributed by atoms with Gasteiger partial charge in [-0.15, -0.1) is 36.1 Å². The Labute approximate surface area is 116 Å². The first-order chi connectivity index (χ1) is 8.99. The molecule has 0 radical (unpaired) electrons. The number of para-hydroxylation sites is 1. The molecule has 0 aliphatic heterocycles. The summed E-state index contributed by atoms with van der Waals surface area (Å²) in [6, 6.07) is 5.94. The highest BCUT2D eigenvalue weighted by molar-refractivity contribution is 7.13. The van der Waals surface area contributed by atoms with Crippen molar-refractivity contribution in [3.63, 3.8) is 0 Å². The normalized spacial score (nSPS) is 11.6. The van der Waals surface area contributed by atoms with Gasteiger partial charge in [-0.1, -0.05) is 12.1 Å². The van der Waals surface area contributed by atoms with Crippen molar-refractivity contribution in [2.45, 2.75) is 12.8 Å². The second-order valence-corrected chi connectivity index (χ2v) is 4.86. The van der Waals surface area contributed by atoms with E-state index in [4.69, 9.17) is 11.6 Å². The molecule has 0 amide bonds. The van der Waals surface area contributed by atoms with E-state index in [0.29, 0.717) is 22.9 Å². The van der Waals surface area contributed by atoms with Crippen molar-refractivity contribution in [3.8, 4) is 16.3 Å². The number of hydrogen-bond acceptors (Lipinski definition) is 3. The van der Waals surface area contributed by atoms with Crippen LogP contribution in [0.3, 0.4) is 0 Å². The van der Waals surface area contributed by atoms with Gasteiger partial charge < -0.3 is 4.74 Å². The lowest BCUT2D eigenvalue weighted by atomic mass is 10.2. The molecule has 0 saturated heterocycles. The van der Waals surface area contributed by atoms with Gasteiger partial charge in [0.15, 0.2) is 0 Å². The predicted molar refractivity (Wildman–Crippen MR) is 68.7 cm³/mol. The van der Waals surface area contributed by atoms with Crippen molar-refractivity contribution in [1.29, 1.82) is 0 Å². The predicted octanol–water partition coefficient (Wildman–Crippen LogP) is 4.49. The molecular weight excluding hydrogens is 299 g/mol. The molecule has 0 bridgehead atoms. The summed E-state index contributed by atoms with van der Waals surface area (Å²) in [5.41, 5.74) is 1.09. The standard InChI is InChI=1S/C12H9ClF3NOS/c13-6-5-8-7-19-11(17-8)9-3-1-2-4-10(9)18-12(14,15)16/h1-4,7H,5-6H2. The van der Waals surface area contributed by atoms with Crippen molar-refractivity contribution < 1.29 is 17.9 Å². The molecule has 0 aliphatic carbocycles. The quantitative estimate of drug-likeness (QED) is 0.776. The highest BCUT2D eigenvalue weighted by Crippen LogP contribution is 2.35. The third kappa shape index (κ3) is 3.84. The van der Waals surface area contributed by atoms with Gasteiger partial charge in [-0.2, -0.15) is 0 Å². The molecule has 2 nitrogen and oxygen atoms in total. The molecule has 0 N–H and O–H groups in total. The molecule has 0 unspecified atom stereocenters. The third-order valence-corrected chi connectivity index (χ3v) is 3.36. The Morgan fingerprint density at radius 2 is 2.00 bits per heavy atom. The lowest BCUT2D eigenvalue weighted by molar-refractivity contribution is -0.274. The summed E-state index contributed by atoms with van der Waals surface area (Å²) >= 11 is 6.87. The van der Waals surface area contributed by atoms with Gasteiger partial charge in [-0.05, 0) is 12.1 Å². The average molecular weight is 308 g/mol. The van der Waals surface area contributed by atoms with E-state index in [1.807, 2.05) is 0 Å². The Bertz CT molecular complexity index is 556. The molecule has 0 fully saturated rings. The van der Waals surface area contributed by atoms with E-state index in [2.05, 4.69) is 9.72 Å². The van der Waals surface area contributed by atoms with E-state index in [9.17, 15) is 13.2 Å². The minimum atomic E-state index is -4.72. The van der Waals surface area contributed by atoms with Gasteiger partial charge in [0, 0.05) is 17.7 Å². The zero-order valence-electron chi connectivity index (χ0n) is 9.58. The van der Waals surface area contributed by atoms with Crippen LogP contribution in [0.4, 0.5) is 13.2 Å². The summed E-state index contributed by atoms with van der Waals surface area (Å²) in [5, 5.41) is 2.27. The second-order valence-electron chi connectivity index (χ2n) is 3.63. The lowest BCUT2D eigenvalue weighted by Gasteiger charge is -2.11. The van der Waals surface area contributed by atoms with Crippen LogP contribution in [-0.2, 0) is 6.42 Å². The fourth-order valence-corrected chi connectivity index (χ4v) is 2.58. The Morgan fingerprint density at radius 3 is 2.68 bits per heavy atom. The van der Waals surface area contributed by atoms with Crippen molar-refractivity contribution in [1.82, 2.24) is 4.98 Å². The van der Waals surface area contributed by atoms with Crippen LogP contribution in [0.1, 0.15) is 5.69 Å². The topological polar surface area (TPSA) is 22.1 Å². The van der Waals surface area contributed by atoms with Crippen molar-refractivity contribution in [2.75, 3.05) is 5.88 Å². The molecule has 0 saturated carbocycles. The minimum Gasteiger partial charge on any atom is -0.405 e. The van der Waals surface area contributed by atoms with E-state index >= 15 is 0 Å². The van der Waals surface area contributed by atoms with Crippen LogP contribution in [0, 0.1) is 0 Å². The largest absolute Gasteiger partial charge is 0.573 e. The molecule has 2 aromatic rings. The Balaban J connectivity index is 2.32. The highest BCUT2D eigenvalue weighted by Gasteiger charge is 2.32. The van der Waals surface area contributed by atoms with Crippen molar-refractivity contribution >= 4 is 22.9 Å². The first-order valence-corrected chi connectivity index (χ1v) is 6.76. The van der Waals surface area contributed by atoms with Crippen molar-refractivity contribution in [3.05, 3.63) is 35.3 Å². The van der Waals surface area contributed by atoms with Gasteiger partial charge in [0.1, 0.15) is 10.8 Å². The van der Waals surface area contributed by atoms with Crippen LogP contribution >= 0.6 is 22.9 Å². The van der Waals surface area contributed by atoms with Gasteiger partial charge in [-0.3, -0.25) is 0 Å².